The molecule has 0 unspecified atom stereocenters. The molecule has 1 saturated carbocycles. The number of nitro groups is 1. The van der Waals surface area contributed by atoms with Crippen LogP contribution in [0.3, 0.4) is 0 Å². The predicted octanol–water partition coefficient (Wildman–Crippen LogP) is 5.74. The summed E-state index contributed by atoms with van der Waals surface area (Å²) in [6.07, 6.45) is 5.57. The van der Waals surface area contributed by atoms with E-state index < -0.39 is 10.9 Å². The summed E-state index contributed by atoms with van der Waals surface area (Å²) in [5, 5.41) is 23.2. The number of carboxylic acids is 1. The highest BCUT2D eigenvalue weighted by Crippen LogP contribution is 2.36. The summed E-state index contributed by atoms with van der Waals surface area (Å²) in [5.74, 6) is -0.519. The first-order valence-electron chi connectivity index (χ1n) is 12.3. The lowest BCUT2D eigenvalue weighted by Crippen LogP contribution is -2.22. The minimum absolute atomic E-state index is 0.0209. The van der Waals surface area contributed by atoms with Gasteiger partial charge in [0.15, 0.2) is 0 Å². The maximum Gasteiger partial charge on any atom is 0.335 e. The molecule has 5 rings (SSSR count). The lowest BCUT2D eigenvalue weighted by atomic mass is 9.94. The average molecular weight is 499 g/mol. The zero-order chi connectivity index (χ0) is 25.9. The standard InChI is InChI=1S/C28H26N4O5/c33-27(29-17-18-5-4-8-23(15-18)32(36)37)20-11-9-19(10-12-20)26-30-24-16-21(28(34)35)13-14-25(24)31(26)22-6-2-1-3-7-22/h4-5,8-16,22H,1-3,6-7,17H2,(H,29,33)(H,34,35). The van der Waals surface area contributed by atoms with Crippen molar-refractivity contribution in [1.82, 2.24) is 14.9 Å². The Morgan fingerprint density at radius 2 is 1.73 bits per heavy atom. The highest BCUT2D eigenvalue weighted by atomic mass is 16.6. The van der Waals surface area contributed by atoms with Crippen LogP contribution in [0.2, 0.25) is 0 Å². The minimum Gasteiger partial charge on any atom is -0.478 e. The first-order chi connectivity index (χ1) is 17.9. The minimum atomic E-state index is -0.990. The average Bonchev–Trinajstić information content (AvgIpc) is 3.31. The zero-order valence-electron chi connectivity index (χ0n) is 20.1. The quantitative estimate of drug-likeness (QED) is 0.247. The summed E-state index contributed by atoms with van der Waals surface area (Å²) in [5.41, 5.74) is 3.66. The number of hydrogen-bond acceptors (Lipinski definition) is 5. The number of imidazole rings is 1. The van der Waals surface area contributed by atoms with Crippen molar-refractivity contribution in [2.24, 2.45) is 0 Å². The fraction of sp³-hybridized carbons (Fsp3) is 0.250. The number of carboxylic acid groups (broad SMARTS) is 1. The lowest BCUT2D eigenvalue weighted by molar-refractivity contribution is -0.384. The number of benzene rings is 3. The van der Waals surface area contributed by atoms with Gasteiger partial charge in [0.25, 0.3) is 11.6 Å². The summed E-state index contributed by atoms with van der Waals surface area (Å²) in [6, 6.07) is 18.6. The highest BCUT2D eigenvalue weighted by Gasteiger charge is 2.23. The second kappa shape index (κ2) is 10.2. The molecule has 0 atom stereocenters. The van der Waals surface area contributed by atoms with E-state index in [-0.39, 0.29) is 29.7 Å². The Balaban J connectivity index is 1.41. The third-order valence-corrected chi connectivity index (χ3v) is 6.86. The van der Waals surface area contributed by atoms with Crippen molar-refractivity contribution in [2.45, 2.75) is 44.7 Å². The molecule has 37 heavy (non-hydrogen) atoms. The SMILES string of the molecule is O=C(O)c1ccc2c(c1)nc(-c1ccc(C(=O)NCc3cccc([N+](=O)[O-])c3)cc1)n2C1CCCCC1. The van der Waals surface area contributed by atoms with Crippen molar-refractivity contribution < 1.29 is 19.6 Å². The van der Waals surface area contributed by atoms with E-state index >= 15 is 0 Å². The van der Waals surface area contributed by atoms with Gasteiger partial charge in [0, 0.05) is 35.8 Å². The first-order valence-corrected chi connectivity index (χ1v) is 12.3. The van der Waals surface area contributed by atoms with E-state index in [1.54, 1.807) is 36.4 Å². The van der Waals surface area contributed by atoms with Crippen molar-refractivity contribution >= 4 is 28.6 Å². The number of rotatable bonds is 7. The van der Waals surface area contributed by atoms with Gasteiger partial charge in [0.1, 0.15) is 5.82 Å². The van der Waals surface area contributed by atoms with E-state index in [9.17, 15) is 24.8 Å². The van der Waals surface area contributed by atoms with Gasteiger partial charge in [-0.05, 0) is 48.7 Å². The monoisotopic (exact) mass is 498 g/mol. The molecular formula is C28H26N4O5. The van der Waals surface area contributed by atoms with Crippen LogP contribution in [0, 0.1) is 10.1 Å². The lowest BCUT2D eigenvalue weighted by Gasteiger charge is -2.25. The van der Waals surface area contributed by atoms with E-state index in [2.05, 4.69) is 9.88 Å². The third kappa shape index (κ3) is 5.06. The number of carbonyl (C=O) groups is 2. The van der Waals surface area contributed by atoms with E-state index in [1.165, 1.54) is 18.6 Å². The van der Waals surface area contributed by atoms with Crippen molar-refractivity contribution in [1.29, 1.82) is 0 Å². The van der Waals surface area contributed by atoms with Gasteiger partial charge >= 0.3 is 5.97 Å². The molecule has 188 valence electrons. The van der Waals surface area contributed by atoms with Gasteiger partial charge in [0.05, 0.1) is 21.5 Å². The van der Waals surface area contributed by atoms with Gasteiger partial charge in [-0.25, -0.2) is 9.78 Å². The van der Waals surface area contributed by atoms with Crippen molar-refractivity contribution in [3.63, 3.8) is 0 Å². The Kier molecular flexibility index (Phi) is 6.68. The zero-order valence-corrected chi connectivity index (χ0v) is 20.1. The topological polar surface area (TPSA) is 127 Å². The Morgan fingerprint density at radius 1 is 1.00 bits per heavy atom. The Morgan fingerprint density at radius 3 is 2.43 bits per heavy atom. The highest BCUT2D eigenvalue weighted by molar-refractivity contribution is 5.95. The van der Waals surface area contributed by atoms with Crippen LogP contribution in [0.15, 0.2) is 66.7 Å². The van der Waals surface area contributed by atoms with Gasteiger partial charge in [-0.1, -0.05) is 43.5 Å². The Hall–Kier alpha value is -4.53. The van der Waals surface area contributed by atoms with Gasteiger partial charge in [0.2, 0.25) is 0 Å². The van der Waals surface area contributed by atoms with Crippen LogP contribution in [0.25, 0.3) is 22.4 Å². The molecular weight excluding hydrogens is 472 g/mol. The number of carbonyl (C=O) groups excluding carboxylic acids is 1. The molecule has 1 amide bonds. The molecule has 1 aromatic heterocycles. The summed E-state index contributed by atoms with van der Waals surface area (Å²) in [6.45, 7) is 0.172. The van der Waals surface area contributed by atoms with Crippen LogP contribution in [0.5, 0.6) is 0 Å². The Bertz CT molecular complexity index is 1490. The molecule has 9 nitrogen and oxygen atoms in total. The fourth-order valence-electron chi connectivity index (χ4n) is 4.98. The molecule has 3 aromatic carbocycles. The number of aromatic nitrogens is 2. The number of amides is 1. The van der Waals surface area contributed by atoms with Crippen molar-refractivity contribution in [2.75, 3.05) is 0 Å². The van der Waals surface area contributed by atoms with Gasteiger partial charge < -0.3 is 15.0 Å². The largest absolute Gasteiger partial charge is 0.478 e. The summed E-state index contributed by atoms with van der Waals surface area (Å²) < 4.78 is 2.22. The normalized spacial score (nSPS) is 13.9. The van der Waals surface area contributed by atoms with Crippen LogP contribution in [0.4, 0.5) is 5.69 Å². The number of nitrogens with one attached hydrogen (secondary N) is 1. The second-order valence-electron chi connectivity index (χ2n) is 9.29. The number of aromatic carboxylic acids is 1. The molecule has 1 fully saturated rings. The summed E-state index contributed by atoms with van der Waals surface area (Å²) >= 11 is 0. The van der Waals surface area contributed by atoms with Crippen molar-refractivity contribution in [3.05, 3.63) is 93.5 Å². The molecule has 1 aliphatic rings. The van der Waals surface area contributed by atoms with Crippen LogP contribution in [-0.4, -0.2) is 31.5 Å². The molecule has 1 aliphatic carbocycles. The second-order valence-corrected chi connectivity index (χ2v) is 9.29. The molecule has 0 bridgehead atoms. The van der Waals surface area contributed by atoms with Gasteiger partial charge in [-0.2, -0.15) is 0 Å². The number of hydrogen-bond donors (Lipinski definition) is 2. The van der Waals surface area contributed by atoms with Crippen LogP contribution in [-0.2, 0) is 6.54 Å². The number of nitrogens with zero attached hydrogens (tertiary/aromatic N) is 3. The number of non-ortho nitro benzene ring substituents is 1. The van der Waals surface area contributed by atoms with Gasteiger partial charge in [-0.3, -0.25) is 14.9 Å². The molecule has 0 aliphatic heterocycles. The van der Waals surface area contributed by atoms with Crippen LogP contribution in [0.1, 0.15) is 64.4 Å². The third-order valence-electron chi connectivity index (χ3n) is 6.86. The van der Waals surface area contributed by atoms with Crippen LogP contribution < -0.4 is 5.32 Å². The predicted molar refractivity (Wildman–Crippen MR) is 139 cm³/mol. The molecule has 4 aromatic rings. The number of fused-ring (bicyclic) bond motifs is 1. The summed E-state index contributed by atoms with van der Waals surface area (Å²) in [7, 11) is 0. The van der Waals surface area contributed by atoms with Crippen molar-refractivity contribution in [3.8, 4) is 11.4 Å². The molecule has 9 heteroatoms. The molecule has 1 heterocycles. The maximum absolute atomic E-state index is 12.7. The molecule has 2 N–H and O–H groups in total. The van der Waals surface area contributed by atoms with E-state index in [0.717, 1.165) is 42.6 Å². The maximum atomic E-state index is 12.7. The molecule has 0 radical (unpaired) electrons. The first kappa shape index (κ1) is 24.2. The smallest absolute Gasteiger partial charge is 0.335 e. The number of nitro benzene ring substituents is 1. The molecule has 0 saturated heterocycles. The molecule has 0 spiro atoms. The van der Waals surface area contributed by atoms with E-state index in [4.69, 9.17) is 4.98 Å². The van der Waals surface area contributed by atoms with Gasteiger partial charge in [-0.15, -0.1) is 0 Å². The fourth-order valence-corrected chi connectivity index (χ4v) is 4.98. The van der Waals surface area contributed by atoms with E-state index in [0.29, 0.717) is 16.6 Å². The van der Waals surface area contributed by atoms with E-state index in [1.807, 2.05) is 18.2 Å². The van der Waals surface area contributed by atoms with Crippen LogP contribution >= 0.6 is 0 Å². The summed E-state index contributed by atoms with van der Waals surface area (Å²) in [4.78, 5) is 39.5. The Labute approximate surface area is 212 Å².